The molecule has 0 radical (unpaired) electrons. The zero-order valence-corrected chi connectivity index (χ0v) is 11.3. The molecule has 104 valence electrons. The quantitative estimate of drug-likeness (QED) is 0.521. The lowest BCUT2D eigenvalue weighted by atomic mass is 10.1. The van der Waals surface area contributed by atoms with E-state index in [4.69, 9.17) is 22.1 Å². The number of carbonyl (C=O) groups is 2. The van der Waals surface area contributed by atoms with E-state index >= 15 is 0 Å². The van der Waals surface area contributed by atoms with Gasteiger partial charge in [-0.05, 0) is 12.1 Å². The second-order valence-electron chi connectivity index (χ2n) is 3.73. The molecule has 0 saturated carbocycles. The van der Waals surface area contributed by atoms with Gasteiger partial charge < -0.3 is 21.1 Å². The van der Waals surface area contributed by atoms with Gasteiger partial charge in [0.25, 0.3) is 5.91 Å². The van der Waals surface area contributed by atoms with E-state index in [1.807, 2.05) is 0 Å². The first kappa shape index (κ1) is 15.3. The number of rotatable bonds is 6. The predicted octanol–water partition coefficient (Wildman–Crippen LogP) is 0.415. The fraction of sp³-hybridized carbons (Fsp3) is 0.333. The van der Waals surface area contributed by atoms with Crippen LogP contribution in [0.5, 0.6) is 0 Å². The summed E-state index contributed by atoms with van der Waals surface area (Å²) in [5.41, 5.74) is 6.11. The first-order chi connectivity index (χ1) is 9.06. The summed E-state index contributed by atoms with van der Waals surface area (Å²) in [6, 6.07) is 4.77. The summed E-state index contributed by atoms with van der Waals surface area (Å²) in [5, 5.41) is 5.28. The van der Waals surface area contributed by atoms with E-state index in [0.717, 1.165) is 0 Å². The maximum atomic E-state index is 11.8. The summed E-state index contributed by atoms with van der Waals surface area (Å²) in [6.45, 7) is 0.657. The molecule has 1 rings (SSSR count). The molecule has 0 unspecified atom stereocenters. The van der Waals surface area contributed by atoms with Crippen molar-refractivity contribution in [2.24, 2.45) is 0 Å². The van der Waals surface area contributed by atoms with Gasteiger partial charge in [0.05, 0.1) is 23.7 Å². The highest BCUT2D eigenvalue weighted by Crippen LogP contribution is 2.21. The van der Waals surface area contributed by atoms with Crippen molar-refractivity contribution in [1.82, 2.24) is 10.6 Å². The largest absolute Gasteiger partial charge is 0.398 e. The van der Waals surface area contributed by atoms with Gasteiger partial charge in [-0.15, -0.1) is 0 Å². The summed E-state index contributed by atoms with van der Waals surface area (Å²) in [7, 11) is 1.54. The van der Waals surface area contributed by atoms with Crippen molar-refractivity contribution in [2.75, 3.05) is 32.5 Å². The van der Waals surface area contributed by atoms with Crippen LogP contribution in [-0.4, -0.2) is 38.6 Å². The average Bonchev–Trinajstić information content (AvgIpc) is 2.36. The van der Waals surface area contributed by atoms with E-state index < -0.39 is 5.91 Å². The maximum Gasteiger partial charge on any atom is 0.255 e. The van der Waals surface area contributed by atoms with Crippen LogP contribution in [-0.2, 0) is 9.53 Å². The monoisotopic (exact) mass is 285 g/mol. The Kier molecular flexibility index (Phi) is 6.11. The molecule has 0 aliphatic rings. The lowest BCUT2D eigenvalue weighted by molar-refractivity contribution is -0.120. The van der Waals surface area contributed by atoms with Crippen molar-refractivity contribution in [3.8, 4) is 0 Å². The van der Waals surface area contributed by atoms with Gasteiger partial charge in [0.15, 0.2) is 0 Å². The fourth-order valence-electron chi connectivity index (χ4n) is 1.38. The Bertz CT molecular complexity index is 445. The molecule has 0 saturated heterocycles. The first-order valence-corrected chi connectivity index (χ1v) is 6.02. The van der Waals surface area contributed by atoms with E-state index in [0.29, 0.717) is 13.2 Å². The SMILES string of the molecule is COCCNC(=O)CNC(=O)c1c(N)cccc1Cl. The minimum atomic E-state index is -0.481. The van der Waals surface area contributed by atoms with Crippen LogP contribution >= 0.6 is 11.6 Å². The Morgan fingerprint density at radius 1 is 1.37 bits per heavy atom. The number of carbonyl (C=O) groups excluding carboxylic acids is 2. The van der Waals surface area contributed by atoms with Crippen LogP contribution in [0, 0.1) is 0 Å². The average molecular weight is 286 g/mol. The van der Waals surface area contributed by atoms with Crippen molar-refractivity contribution in [1.29, 1.82) is 0 Å². The molecule has 0 bridgehead atoms. The Morgan fingerprint density at radius 3 is 2.74 bits per heavy atom. The number of amides is 2. The van der Waals surface area contributed by atoms with Gasteiger partial charge in [-0.1, -0.05) is 17.7 Å². The standard InChI is InChI=1S/C12H16ClN3O3/c1-19-6-5-15-10(17)7-16-12(18)11-8(13)3-2-4-9(11)14/h2-4H,5-7,14H2,1H3,(H,15,17)(H,16,18). The van der Waals surface area contributed by atoms with Crippen molar-refractivity contribution in [3.05, 3.63) is 28.8 Å². The van der Waals surface area contributed by atoms with Crippen molar-refractivity contribution >= 4 is 29.1 Å². The molecule has 0 spiro atoms. The number of hydrogen-bond donors (Lipinski definition) is 3. The number of nitrogens with two attached hydrogens (primary N) is 1. The van der Waals surface area contributed by atoms with E-state index in [2.05, 4.69) is 10.6 Å². The topological polar surface area (TPSA) is 93.5 Å². The van der Waals surface area contributed by atoms with Gasteiger partial charge >= 0.3 is 0 Å². The molecular weight excluding hydrogens is 270 g/mol. The van der Waals surface area contributed by atoms with Crippen LogP contribution in [0.15, 0.2) is 18.2 Å². The Hall–Kier alpha value is -1.79. The maximum absolute atomic E-state index is 11.8. The third-order valence-electron chi connectivity index (χ3n) is 2.31. The second kappa shape index (κ2) is 7.60. The van der Waals surface area contributed by atoms with Crippen LogP contribution < -0.4 is 16.4 Å². The molecule has 0 fully saturated rings. The Balaban J connectivity index is 2.49. The molecule has 0 aliphatic carbocycles. The van der Waals surface area contributed by atoms with Gasteiger partial charge in [-0.2, -0.15) is 0 Å². The number of nitrogen functional groups attached to an aromatic ring is 1. The van der Waals surface area contributed by atoms with E-state index in [9.17, 15) is 9.59 Å². The highest BCUT2D eigenvalue weighted by molar-refractivity contribution is 6.34. The summed E-state index contributed by atoms with van der Waals surface area (Å²) >= 11 is 5.88. The van der Waals surface area contributed by atoms with Crippen LogP contribution in [0.25, 0.3) is 0 Å². The zero-order valence-electron chi connectivity index (χ0n) is 10.5. The van der Waals surface area contributed by atoms with E-state index in [-0.39, 0.29) is 28.7 Å². The normalized spacial score (nSPS) is 10.0. The van der Waals surface area contributed by atoms with Crippen LogP contribution in [0.1, 0.15) is 10.4 Å². The smallest absolute Gasteiger partial charge is 0.255 e. The molecule has 0 aromatic heterocycles. The van der Waals surface area contributed by atoms with Crippen LogP contribution in [0.4, 0.5) is 5.69 Å². The molecule has 0 heterocycles. The van der Waals surface area contributed by atoms with E-state index in [1.54, 1.807) is 18.2 Å². The lowest BCUT2D eigenvalue weighted by Gasteiger charge is -2.09. The van der Waals surface area contributed by atoms with Gasteiger partial charge in [0.2, 0.25) is 5.91 Å². The van der Waals surface area contributed by atoms with Crippen LogP contribution in [0.3, 0.4) is 0 Å². The summed E-state index contributed by atoms with van der Waals surface area (Å²) in [6.07, 6.45) is 0. The van der Waals surface area contributed by atoms with Crippen molar-refractivity contribution in [3.63, 3.8) is 0 Å². The third-order valence-corrected chi connectivity index (χ3v) is 2.63. The molecular formula is C12H16ClN3O3. The van der Waals surface area contributed by atoms with E-state index in [1.165, 1.54) is 7.11 Å². The molecule has 1 aromatic rings. The van der Waals surface area contributed by atoms with Gasteiger partial charge in [-0.25, -0.2) is 0 Å². The molecule has 6 nitrogen and oxygen atoms in total. The summed E-state index contributed by atoms with van der Waals surface area (Å²) < 4.78 is 4.78. The molecule has 0 atom stereocenters. The van der Waals surface area contributed by atoms with Crippen molar-refractivity contribution in [2.45, 2.75) is 0 Å². The molecule has 0 aliphatic heterocycles. The number of anilines is 1. The predicted molar refractivity (Wildman–Crippen MR) is 73.1 cm³/mol. The summed E-state index contributed by atoms with van der Waals surface area (Å²) in [5.74, 6) is -0.791. The number of halogens is 1. The van der Waals surface area contributed by atoms with Gasteiger partial charge in [0, 0.05) is 19.3 Å². The Labute approximate surface area is 116 Å². The number of ether oxygens (including phenoxy) is 1. The number of nitrogens with one attached hydrogen (secondary N) is 2. The summed E-state index contributed by atoms with van der Waals surface area (Å²) in [4.78, 5) is 23.2. The molecule has 4 N–H and O–H groups in total. The lowest BCUT2D eigenvalue weighted by Crippen LogP contribution is -2.38. The molecule has 7 heteroatoms. The van der Waals surface area contributed by atoms with Crippen molar-refractivity contribution < 1.29 is 14.3 Å². The Morgan fingerprint density at radius 2 is 2.11 bits per heavy atom. The highest BCUT2D eigenvalue weighted by Gasteiger charge is 2.14. The number of hydrogen-bond acceptors (Lipinski definition) is 4. The zero-order chi connectivity index (χ0) is 14.3. The molecule has 19 heavy (non-hydrogen) atoms. The third kappa shape index (κ3) is 4.76. The van der Waals surface area contributed by atoms with Gasteiger partial charge in [-0.3, -0.25) is 9.59 Å². The second-order valence-corrected chi connectivity index (χ2v) is 4.14. The number of benzene rings is 1. The molecule has 1 aromatic carbocycles. The minimum Gasteiger partial charge on any atom is -0.398 e. The first-order valence-electron chi connectivity index (χ1n) is 5.64. The fourth-order valence-corrected chi connectivity index (χ4v) is 1.65. The molecule has 2 amide bonds. The van der Waals surface area contributed by atoms with Crippen LogP contribution in [0.2, 0.25) is 5.02 Å². The highest BCUT2D eigenvalue weighted by atomic mass is 35.5. The minimum absolute atomic E-state index is 0.146. The number of methoxy groups -OCH3 is 1. The van der Waals surface area contributed by atoms with Gasteiger partial charge in [0.1, 0.15) is 0 Å².